The average molecular weight is 337 g/mol. The Kier molecular flexibility index (Phi) is 4.13. The molecule has 126 valence electrons. The SMILES string of the molecule is Cc1nc(CN2CC[C@H]3OCC[C@@]3(C(=O)N3CCCO3)C2)cs1. The Morgan fingerprint density at radius 2 is 2.39 bits per heavy atom. The van der Waals surface area contributed by atoms with E-state index < -0.39 is 5.41 Å². The van der Waals surface area contributed by atoms with Crippen molar-refractivity contribution in [1.29, 1.82) is 0 Å². The highest BCUT2D eigenvalue weighted by Crippen LogP contribution is 2.43. The maximum Gasteiger partial charge on any atom is 0.256 e. The van der Waals surface area contributed by atoms with E-state index >= 15 is 0 Å². The van der Waals surface area contributed by atoms with Gasteiger partial charge in [-0.3, -0.25) is 14.5 Å². The molecule has 23 heavy (non-hydrogen) atoms. The molecule has 0 aromatic carbocycles. The lowest BCUT2D eigenvalue weighted by Gasteiger charge is -2.43. The summed E-state index contributed by atoms with van der Waals surface area (Å²) in [6.07, 6.45) is 2.66. The smallest absolute Gasteiger partial charge is 0.256 e. The standard InChI is InChI=1S/C16H23N3O3S/c1-12-17-13(10-23-12)9-18-6-3-14-16(11-18,4-8-21-14)15(20)19-5-2-7-22-19/h10,14H,2-9,11H2,1H3/t14-,16-/m1/s1. The number of carbonyl (C=O) groups is 1. The van der Waals surface area contributed by atoms with Crippen molar-refractivity contribution >= 4 is 17.2 Å². The number of piperidine rings is 1. The Morgan fingerprint density at radius 1 is 1.48 bits per heavy atom. The molecular formula is C16H23N3O3S. The summed E-state index contributed by atoms with van der Waals surface area (Å²) in [7, 11) is 0. The van der Waals surface area contributed by atoms with Crippen molar-refractivity contribution in [3.05, 3.63) is 16.1 Å². The van der Waals surface area contributed by atoms with Gasteiger partial charge in [0.2, 0.25) is 0 Å². The lowest BCUT2D eigenvalue weighted by atomic mass is 9.75. The number of likely N-dealkylation sites (tertiary alicyclic amines) is 1. The van der Waals surface area contributed by atoms with Gasteiger partial charge in [-0.25, -0.2) is 10.0 Å². The topological polar surface area (TPSA) is 54.9 Å². The molecule has 6 nitrogen and oxygen atoms in total. The van der Waals surface area contributed by atoms with E-state index in [0.717, 1.165) is 49.6 Å². The van der Waals surface area contributed by atoms with Crippen molar-refractivity contribution in [3.8, 4) is 0 Å². The number of ether oxygens (including phenoxy) is 1. The first kappa shape index (κ1) is 15.5. The van der Waals surface area contributed by atoms with Crippen LogP contribution in [-0.4, -0.2) is 59.8 Å². The second-order valence-corrected chi connectivity index (χ2v) is 7.78. The van der Waals surface area contributed by atoms with Gasteiger partial charge in [0.15, 0.2) is 0 Å². The van der Waals surface area contributed by atoms with Crippen LogP contribution in [0.2, 0.25) is 0 Å². The Hall–Kier alpha value is -1.02. The number of rotatable bonds is 3. The number of thiazole rings is 1. The van der Waals surface area contributed by atoms with Crippen molar-refractivity contribution < 1.29 is 14.4 Å². The van der Waals surface area contributed by atoms with Gasteiger partial charge in [-0.2, -0.15) is 0 Å². The molecule has 0 saturated carbocycles. The summed E-state index contributed by atoms with van der Waals surface area (Å²) in [4.78, 5) is 25.5. The Bertz CT molecular complexity index is 587. The Balaban J connectivity index is 1.52. The third-order valence-electron chi connectivity index (χ3n) is 5.15. The van der Waals surface area contributed by atoms with Gasteiger partial charge in [-0.05, 0) is 26.2 Å². The third-order valence-corrected chi connectivity index (χ3v) is 5.98. The summed E-state index contributed by atoms with van der Waals surface area (Å²) < 4.78 is 5.90. The number of nitrogens with zero attached hydrogens (tertiary/aromatic N) is 3. The molecular weight excluding hydrogens is 314 g/mol. The largest absolute Gasteiger partial charge is 0.377 e. The number of aromatic nitrogens is 1. The normalized spacial score (nSPS) is 31.5. The van der Waals surface area contributed by atoms with Gasteiger partial charge in [0.25, 0.3) is 5.91 Å². The summed E-state index contributed by atoms with van der Waals surface area (Å²) in [5.41, 5.74) is 0.665. The molecule has 3 aliphatic heterocycles. The van der Waals surface area contributed by atoms with Crippen LogP contribution in [0.1, 0.15) is 30.0 Å². The summed E-state index contributed by atoms with van der Waals surface area (Å²) in [6.45, 7) is 6.57. The second-order valence-electron chi connectivity index (χ2n) is 6.72. The molecule has 3 aliphatic rings. The van der Waals surface area contributed by atoms with E-state index in [0.29, 0.717) is 19.8 Å². The van der Waals surface area contributed by atoms with Gasteiger partial charge < -0.3 is 4.74 Å². The first-order valence-electron chi connectivity index (χ1n) is 8.37. The van der Waals surface area contributed by atoms with Crippen LogP contribution in [0.25, 0.3) is 0 Å². The molecule has 2 atom stereocenters. The molecule has 7 heteroatoms. The summed E-state index contributed by atoms with van der Waals surface area (Å²) in [5, 5.41) is 4.79. The molecule has 0 unspecified atom stereocenters. The van der Waals surface area contributed by atoms with Gasteiger partial charge in [-0.15, -0.1) is 11.3 Å². The van der Waals surface area contributed by atoms with E-state index in [4.69, 9.17) is 9.57 Å². The van der Waals surface area contributed by atoms with Crippen molar-refractivity contribution in [1.82, 2.24) is 14.9 Å². The van der Waals surface area contributed by atoms with Crippen molar-refractivity contribution in [2.45, 2.75) is 38.8 Å². The molecule has 1 aromatic heterocycles. The fourth-order valence-electron chi connectivity index (χ4n) is 4.04. The van der Waals surface area contributed by atoms with Crippen molar-refractivity contribution in [3.63, 3.8) is 0 Å². The van der Waals surface area contributed by atoms with E-state index in [1.807, 2.05) is 6.92 Å². The molecule has 0 bridgehead atoms. The van der Waals surface area contributed by atoms with Crippen LogP contribution in [0, 0.1) is 12.3 Å². The molecule has 1 amide bonds. The minimum absolute atomic E-state index is 0.0348. The van der Waals surface area contributed by atoms with E-state index in [-0.39, 0.29) is 12.0 Å². The minimum Gasteiger partial charge on any atom is -0.377 e. The minimum atomic E-state index is -0.437. The maximum atomic E-state index is 13.1. The van der Waals surface area contributed by atoms with E-state index in [9.17, 15) is 4.79 Å². The lowest BCUT2D eigenvalue weighted by Crippen LogP contribution is -2.57. The van der Waals surface area contributed by atoms with Gasteiger partial charge in [-0.1, -0.05) is 0 Å². The number of carbonyl (C=O) groups excluding carboxylic acids is 1. The molecule has 0 radical (unpaired) electrons. The summed E-state index contributed by atoms with van der Waals surface area (Å²) in [6, 6.07) is 0. The molecule has 0 spiro atoms. The van der Waals surface area contributed by atoms with Crippen molar-refractivity contribution in [2.75, 3.05) is 32.8 Å². The van der Waals surface area contributed by atoms with E-state index in [2.05, 4.69) is 15.3 Å². The zero-order valence-electron chi connectivity index (χ0n) is 13.5. The van der Waals surface area contributed by atoms with Gasteiger partial charge in [0.05, 0.1) is 35.4 Å². The number of hydrogen-bond acceptors (Lipinski definition) is 6. The summed E-state index contributed by atoms with van der Waals surface area (Å²) in [5.74, 6) is 0.122. The fourth-order valence-corrected chi connectivity index (χ4v) is 4.64. The van der Waals surface area contributed by atoms with Crippen LogP contribution in [0.15, 0.2) is 5.38 Å². The number of amides is 1. The maximum absolute atomic E-state index is 13.1. The Morgan fingerprint density at radius 3 is 3.13 bits per heavy atom. The molecule has 4 rings (SSSR count). The molecule has 1 aromatic rings. The van der Waals surface area contributed by atoms with Crippen LogP contribution in [-0.2, 0) is 20.9 Å². The van der Waals surface area contributed by atoms with E-state index in [1.54, 1.807) is 16.4 Å². The van der Waals surface area contributed by atoms with Crippen LogP contribution in [0.3, 0.4) is 0 Å². The number of aryl methyl sites for hydroxylation is 1. The number of fused-ring (bicyclic) bond motifs is 1. The Labute approximate surface area is 140 Å². The van der Waals surface area contributed by atoms with Gasteiger partial charge in [0.1, 0.15) is 0 Å². The molecule has 4 heterocycles. The highest BCUT2D eigenvalue weighted by Gasteiger charge is 2.55. The first-order chi connectivity index (χ1) is 11.2. The van der Waals surface area contributed by atoms with Crippen LogP contribution in [0.5, 0.6) is 0 Å². The fraction of sp³-hybridized carbons (Fsp3) is 0.750. The number of hydrogen-bond donors (Lipinski definition) is 0. The predicted octanol–water partition coefficient (Wildman–Crippen LogP) is 1.60. The lowest BCUT2D eigenvalue weighted by molar-refractivity contribution is -0.187. The van der Waals surface area contributed by atoms with Crippen molar-refractivity contribution in [2.24, 2.45) is 5.41 Å². The van der Waals surface area contributed by atoms with Crippen LogP contribution in [0.4, 0.5) is 0 Å². The van der Waals surface area contributed by atoms with Gasteiger partial charge in [0, 0.05) is 31.6 Å². The van der Waals surface area contributed by atoms with Crippen LogP contribution < -0.4 is 0 Å². The third kappa shape index (κ3) is 2.80. The summed E-state index contributed by atoms with van der Waals surface area (Å²) >= 11 is 1.68. The zero-order valence-corrected chi connectivity index (χ0v) is 14.3. The quantitative estimate of drug-likeness (QED) is 0.838. The monoisotopic (exact) mass is 337 g/mol. The van der Waals surface area contributed by atoms with E-state index in [1.165, 1.54) is 0 Å². The first-order valence-corrected chi connectivity index (χ1v) is 9.25. The zero-order chi connectivity index (χ0) is 15.9. The van der Waals surface area contributed by atoms with Crippen LogP contribution >= 0.6 is 11.3 Å². The molecule has 0 N–H and O–H groups in total. The highest BCUT2D eigenvalue weighted by molar-refractivity contribution is 7.09. The molecule has 3 saturated heterocycles. The molecule has 3 fully saturated rings. The number of hydroxylamine groups is 2. The predicted molar refractivity (Wildman–Crippen MR) is 85.8 cm³/mol. The average Bonchev–Trinajstić information content (AvgIpc) is 3.27. The highest BCUT2D eigenvalue weighted by atomic mass is 32.1. The van der Waals surface area contributed by atoms with Gasteiger partial charge >= 0.3 is 0 Å². The molecule has 0 aliphatic carbocycles. The second kappa shape index (κ2) is 6.12.